The number of carboxylic acid groups (broad SMARTS) is 1. The molecule has 0 aromatic rings. The Labute approximate surface area is 89.6 Å². The lowest BCUT2D eigenvalue weighted by molar-refractivity contribution is -0.878. The van der Waals surface area contributed by atoms with E-state index in [-0.39, 0.29) is 28.8 Å². The lowest BCUT2D eigenvalue weighted by atomic mass is 10.4. The second-order valence-corrected chi connectivity index (χ2v) is 3.22. The van der Waals surface area contributed by atoms with Crippen LogP contribution in [0.15, 0.2) is 12.2 Å². The normalized spacial score (nSPS) is 9.64. The highest BCUT2D eigenvalue weighted by Crippen LogP contribution is 1.95. The van der Waals surface area contributed by atoms with Crippen molar-refractivity contribution in [3.8, 4) is 0 Å². The molecule has 0 aromatic carbocycles. The first-order chi connectivity index (χ1) is 4.98. The zero-order valence-electron chi connectivity index (χ0n) is 7.33. The zero-order valence-corrected chi connectivity index (χ0v) is 7.33. The molecular weight excluding hydrogens is 178 g/mol. The molecule has 0 aromatic heterocycles. The van der Waals surface area contributed by atoms with Crippen molar-refractivity contribution in [2.24, 2.45) is 0 Å². The Hall–Kier alpha value is -0.830. The van der Waals surface area contributed by atoms with Crippen molar-refractivity contribution in [2.75, 3.05) is 27.2 Å². The molecule has 0 amide bonds. The first-order valence-corrected chi connectivity index (χ1v) is 3.61. The van der Waals surface area contributed by atoms with Gasteiger partial charge in [0.05, 0.1) is 26.6 Å². The average molecular weight is 205 g/mol. The number of allylic oxidation sites excluding steroid dienone is 1. The number of carbonyl (C=O) groups excluding carboxylic acids is 1. The summed E-state index contributed by atoms with van der Waals surface area (Å²) >= 11 is 0. The zero-order chi connectivity index (χ0) is 8.91. The predicted octanol–water partition coefficient (Wildman–Crippen LogP) is 1.30. The van der Waals surface area contributed by atoms with Crippen molar-refractivity contribution in [2.45, 2.75) is 29.2 Å². The maximum absolute atomic E-state index is 10.2. The number of carboxylic acids is 1. The molecule has 0 aliphatic heterocycles. The Bertz CT molecular complexity index is 163. The van der Waals surface area contributed by atoms with E-state index in [1.807, 2.05) is 33.2 Å². The van der Waals surface area contributed by atoms with Gasteiger partial charge in [-0.3, -0.25) is 0 Å². The van der Waals surface area contributed by atoms with Crippen LogP contribution in [0.1, 0.15) is 29.2 Å². The molecule has 0 aliphatic rings. The molecule has 0 aliphatic carbocycles. The minimum absolute atomic E-state index is 0. The topological polar surface area (TPSA) is 40.1 Å². The highest BCUT2D eigenvalue weighted by atomic mass is 16.4. The number of carbonyl (C=O) groups is 1. The molecule has 0 N–H and O–H groups in total. The number of hydrogen-bond donors (Lipinski definition) is 0. The largest absolute Gasteiger partial charge is 0.544 e. The molecule has 0 saturated carbocycles. The van der Waals surface area contributed by atoms with Gasteiger partial charge < -0.3 is 14.4 Å². The molecule has 0 saturated heterocycles. The fourth-order valence-electron chi connectivity index (χ4n) is 0.805. The van der Waals surface area contributed by atoms with Gasteiger partial charge in [0.2, 0.25) is 0 Å². The summed E-state index contributed by atoms with van der Waals surface area (Å²) in [7, 11) is 3.71. The van der Waals surface area contributed by atoms with Crippen LogP contribution in [0.2, 0.25) is 0 Å². The summed E-state index contributed by atoms with van der Waals surface area (Å²) in [5.74, 6) is -1.00. The van der Waals surface area contributed by atoms with Gasteiger partial charge in [0.15, 0.2) is 0 Å². The van der Waals surface area contributed by atoms with E-state index < -0.39 is 5.97 Å². The molecule has 0 spiro atoms. The van der Waals surface area contributed by atoms with Crippen LogP contribution in [-0.2, 0) is 4.79 Å². The van der Waals surface area contributed by atoms with Crippen LogP contribution < -0.4 is 5.11 Å². The first-order valence-electron chi connectivity index (χ1n) is 3.61. The summed E-state index contributed by atoms with van der Waals surface area (Å²) in [6, 6.07) is 0. The van der Waals surface area contributed by atoms with E-state index in [4.69, 9.17) is 0 Å². The van der Waals surface area contributed by atoms with Crippen molar-refractivity contribution in [1.29, 1.82) is 0 Å². The minimum Gasteiger partial charge on any atom is -0.544 e. The minimum atomic E-state index is -1.00. The number of hydrogen-bond acceptors (Lipinski definition) is 2. The standard InChI is InChI=1S/C8H15NO2.3CH4/c1-4-5-6-9(2,3)7-8(10)11;;;/h4-5H,6-7H2,1-3H3;3*1H4/b5-4-;;;. The van der Waals surface area contributed by atoms with Gasteiger partial charge in [-0.15, -0.1) is 0 Å². The van der Waals surface area contributed by atoms with E-state index in [1.54, 1.807) is 0 Å². The van der Waals surface area contributed by atoms with Crippen molar-refractivity contribution in [3.63, 3.8) is 0 Å². The third-order valence-corrected chi connectivity index (χ3v) is 1.39. The van der Waals surface area contributed by atoms with Gasteiger partial charge in [-0.05, 0) is 13.0 Å². The molecule has 0 rings (SSSR count). The Morgan fingerprint density at radius 1 is 1.29 bits per heavy atom. The summed E-state index contributed by atoms with van der Waals surface area (Å²) in [4.78, 5) is 10.2. The van der Waals surface area contributed by atoms with Crippen LogP contribution >= 0.6 is 0 Å². The van der Waals surface area contributed by atoms with Gasteiger partial charge in [-0.2, -0.15) is 0 Å². The van der Waals surface area contributed by atoms with Crippen LogP contribution in [0.3, 0.4) is 0 Å². The van der Waals surface area contributed by atoms with Gasteiger partial charge >= 0.3 is 0 Å². The third kappa shape index (κ3) is 13.7. The molecule has 88 valence electrons. The van der Waals surface area contributed by atoms with Gasteiger partial charge in [-0.1, -0.05) is 28.4 Å². The summed E-state index contributed by atoms with van der Waals surface area (Å²) < 4.78 is 0.437. The van der Waals surface area contributed by atoms with Crippen molar-refractivity contribution < 1.29 is 14.4 Å². The summed E-state index contributed by atoms with van der Waals surface area (Å²) in [5, 5.41) is 10.2. The third-order valence-electron chi connectivity index (χ3n) is 1.39. The smallest absolute Gasteiger partial charge is 0.119 e. The van der Waals surface area contributed by atoms with Crippen molar-refractivity contribution in [1.82, 2.24) is 0 Å². The van der Waals surface area contributed by atoms with E-state index >= 15 is 0 Å². The maximum Gasteiger partial charge on any atom is 0.119 e. The second kappa shape index (κ2) is 10.3. The fraction of sp³-hybridized carbons (Fsp3) is 0.727. The lowest BCUT2D eigenvalue weighted by Crippen LogP contribution is -2.48. The molecule has 0 atom stereocenters. The predicted molar refractivity (Wildman–Crippen MR) is 61.9 cm³/mol. The molecule has 3 heteroatoms. The molecule has 0 radical (unpaired) electrons. The quantitative estimate of drug-likeness (QED) is 0.512. The van der Waals surface area contributed by atoms with E-state index in [0.29, 0.717) is 4.48 Å². The highest BCUT2D eigenvalue weighted by Gasteiger charge is 2.11. The van der Waals surface area contributed by atoms with Crippen molar-refractivity contribution >= 4 is 5.97 Å². The molecule has 3 nitrogen and oxygen atoms in total. The lowest BCUT2D eigenvalue weighted by Gasteiger charge is -2.28. The van der Waals surface area contributed by atoms with Gasteiger partial charge in [0.25, 0.3) is 0 Å². The molecule has 0 heterocycles. The van der Waals surface area contributed by atoms with E-state index in [0.717, 1.165) is 6.54 Å². The SMILES string of the molecule is C.C.C.C/C=C\C[N+](C)(C)CC(=O)[O-]. The van der Waals surface area contributed by atoms with Gasteiger partial charge in [0, 0.05) is 0 Å². The number of aliphatic carboxylic acids is 1. The van der Waals surface area contributed by atoms with E-state index in [1.165, 1.54) is 0 Å². The first kappa shape index (κ1) is 23.2. The van der Waals surface area contributed by atoms with E-state index in [2.05, 4.69) is 0 Å². The molecule has 0 bridgehead atoms. The summed E-state index contributed by atoms with van der Waals surface area (Å²) in [6.45, 7) is 2.70. The fourth-order valence-corrected chi connectivity index (χ4v) is 0.805. The van der Waals surface area contributed by atoms with Crippen LogP contribution in [0.4, 0.5) is 0 Å². The molecule has 0 fully saturated rings. The number of likely N-dealkylation sites (N-methyl/N-ethyl adjacent to an activating group) is 1. The van der Waals surface area contributed by atoms with Crippen molar-refractivity contribution in [3.05, 3.63) is 12.2 Å². The Morgan fingerprint density at radius 2 is 1.71 bits per heavy atom. The van der Waals surface area contributed by atoms with Crippen LogP contribution in [0.25, 0.3) is 0 Å². The monoisotopic (exact) mass is 205 g/mol. The highest BCUT2D eigenvalue weighted by molar-refractivity contribution is 5.65. The molecular formula is C11H27NO2. The number of quaternary nitrogens is 1. The Kier molecular flexibility index (Phi) is 17.0. The summed E-state index contributed by atoms with van der Waals surface area (Å²) in [6.07, 6.45) is 3.86. The molecule has 0 unspecified atom stereocenters. The Balaban J connectivity index is -0.000000167. The number of rotatable bonds is 4. The van der Waals surface area contributed by atoms with Crippen LogP contribution in [0, 0.1) is 0 Å². The summed E-state index contributed by atoms with van der Waals surface area (Å²) in [5.41, 5.74) is 0. The van der Waals surface area contributed by atoms with Gasteiger partial charge in [-0.25, -0.2) is 0 Å². The van der Waals surface area contributed by atoms with Crippen LogP contribution in [-0.4, -0.2) is 37.6 Å². The second-order valence-electron chi connectivity index (χ2n) is 3.22. The number of nitrogens with zero attached hydrogens (tertiary/aromatic N) is 1. The molecule has 14 heavy (non-hydrogen) atoms. The Morgan fingerprint density at radius 3 is 2.00 bits per heavy atom. The van der Waals surface area contributed by atoms with Gasteiger partial charge in [0.1, 0.15) is 6.54 Å². The maximum atomic E-state index is 10.2. The average Bonchev–Trinajstić information content (AvgIpc) is 1.81. The van der Waals surface area contributed by atoms with Crippen LogP contribution in [0.5, 0.6) is 0 Å². The van der Waals surface area contributed by atoms with E-state index in [9.17, 15) is 9.90 Å².